The van der Waals surface area contributed by atoms with Crippen LogP contribution in [0.3, 0.4) is 0 Å². The summed E-state index contributed by atoms with van der Waals surface area (Å²) in [5.41, 5.74) is -0.225. The summed E-state index contributed by atoms with van der Waals surface area (Å²) in [5.74, 6) is 1.22. The number of ether oxygens (including phenoxy) is 1. The van der Waals surface area contributed by atoms with Gasteiger partial charge in [-0.1, -0.05) is 48.5 Å². The number of para-hydroxylation sites is 3. The summed E-state index contributed by atoms with van der Waals surface area (Å²) >= 11 is 0. The Labute approximate surface area is 223 Å². The van der Waals surface area contributed by atoms with Gasteiger partial charge in [0, 0.05) is 24.5 Å². The summed E-state index contributed by atoms with van der Waals surface area (Å²) in [6.45, 7) is -0.00358. The zero-order valence-corrected chi connectivity index (χ0v) is 20.6. The van der Waals surface area contributed by atoms with Crippen LogP contribution >= 0.6 is 0 Å². The molecule has 0 aliphatic heterocycles. The van der Waals surface area contributed by atoms with Crippen LogP contribution in [0.25, 0.3) is 0 Å². The van der Waals surface area contributed by atoms with Gasteiger partial charge in [-0.25, -0.2) is 9.59 Å². The van der Waals surface area contributed by atoms with Crippen LogP contribution in [0.15, 0.2) is 109 Å². The number of alkyl halides is 3. The van der Waals surface area contributed by atoms with Gasteiger partial charge >= 0.3 is 18.2 Å². The number of rotatable bonds is 8. The Bertz CT molecular complexity index is 1380. The molecule has 0 spiro atoms. The van der Waals surface area contributed by atoms with Crippen LogP contribution in [0, 0.1) is 0 Å². The fourth-order valence-electron chi connectivity index (χ4n) is 3.67. The van der Waals surface area contributed by atoms with Crippen molar-refractivity contribution in [3.63, 3.8) is 0 Å². The summed E-state index contributed by atoms with van der Waals surface area (Å²) in [6.07, 6.45) is -4.62. The van der Waals surface area contributed by atoms with Gasteiger partial charge in [0.25, 0.3) is 0 Å². The Balaban J connectivity index is 1.43. The Kier molecular flexibility index (Phi) is 8.67. The number of hydrogen-bond donors (Lipinski definition) is 3. The molecule has 200 valence electrons. The molecule has 4 aromatic rings. The molecule has 7 nitrogen and oxygen atoms in total. The standard InChI is InChI=1S/C29H25F3N4O3/c30-29(31,32)25-13-7-8-14-26(25)35-27(37)33-19-20-36(28(38)34-21-9-3-1-4-10-21)22-15-17-24(18-16-22)39-23-11-5-2-6-12-23/h1-18H,19-20H2,(H,34,38)(H2,33,35,37). The van der Waals surface area contributed by atoms with E-state index in [1.54, 1.807) is 48.5 Å². The fourth-order valence-corrected chi connectivity index (χ4v) is 3.67. The van der Waals surface area contributed by atoms with Gasteiger partial charge in [0.05, 0.1) is 11.3 Å². The Hall–Kier alpha value is -4.99. The van der Waals surface area contributed by atoms with Gasteiger partial charge in [0.15, 0.2) is 0 Å². The third-order valence-electron chi connectivity index (χ3n) is 5.50. The molecule has 0 aliphatic carbocycles. The first-order valence-corrected chi connectivity index (χ1v) is 12.0. The van der Waals surface area contributed by atoms with E-state index < -0.39 is 23.8 Å². The molecule has 0 unspecified atom stereocenters. The van der Waals surface area contributed by atoms with Crippen molar-refractivity contribution in [1.29, 1.82) is 0 Å². The lowest BCUT2D eigenvalue weighted by atomic mass is 10.1. The molecule has 0 aromatic heterocycles. The van der Waals surface area contributed by atoms with E-state index in [1.807, 2.05) is 36.4 Å². The van der Waals surface area contributed by atoms with E-state index in [2.05, 4.69) is 16.0 Å². The summed E-state index contributed by atoms with van der Waals surface area (Å²) < 4.78 is 45.5. The highest BCUT2D eigenvalue weighted by molar-refractivity contribution is 6.01. The van der Waals surface area contributed by atoms with Crippen LogP contribution in [-0.2, 0) is 6.18 Å². The van der Waals surface area contributed by atoms with E-state index in [1.165, 1.54) is 23.1 Å². The smallest absolute Gasteiger partial charge is 0.418 e. The summed E-state index contributed by atoms with van der Waals surface area (Å²) in [5, 5.41) is 7.53. The maximum Gasteiger partial charge on any atom is 0.418 e. The molecule has 0 atom stereocenters. The van der Waals surface area contributed by atoms with E-state index in [-0.39, 0.29) is 18.8 Å². The van der Waals surface area contributed by atoms with Crippen molar-refractivity contribution >= 4 is 29.1 Å². The predicted molar refractivity (Wildman–Crippen MR) is 144 cm³/mol. The van der Waals surface area contributed by atoms with Gasteiger partial charge in [-0.05, 0) is 60.7 Å². The molecule has 10 heteroatoms. The number of benzene rings is 4. The van der Waals surface area contributed by atoms with Gasteiger partial charge in [-0.2, -0.15) is 13.2 Å². The molecule has 0 saturated heterocycles. The van der Waals surface area contributed by atoms with E-state index in [0.29, 0.717) is 22.9 Å². The first-order chi connectivity index (χ1) is 18.8. The predicted octanol–water partition coefficient (Wildman–Crippen LogP) is 7.36. The van der Waals surface area contributed by atoms with Crippen LogP contribution in [0.2, 0.25) is 0 Å². The van der Waals surface area contributed by atoms with Crippen LogP contribution in [0.1, 0.15) is 5.56 Å². The highest BCUT2D eigenvalue weighted by atomic mass is 19.4. The van der Waals surface area contributed by atoms with Crippen molar-refractivity contribution in [2.24, 2.45) is 0 Å². The minimum atomic E-state index is -4.62. The lowest BCUT2D eigenvalue weighted by Gasteiger charge is -2.24. The summed E-state index contributed by atoms with van der Waals surface area (Å²) in [7, 11) is 0. The largest absolute Gasteiger partial charge is 0.457 e. The number of halogens is 3. The molecule has 39 heavy (non-hydrogen) atoms. The van der Waals surface area contributed by atoms with E-state index in [0.717, 1.165) is 6.07 Å². The van der Waals surface area contributed by atoms with Crippen LogP contribution in [0.4, 0.5) is 39.8 Å². The molecule has 0 aliphatic rings. The topological polar surface area (TPSA) is 82.7 Å². The number of carbonyl (C=O) groups is 2. The van der Waals surface area contributed by atoms with Gasteiger partial charge in [-0.15, -0.1) is 0 Å². The number of amides is 4. The molecular formula is C29H25F3N4O3. The fraction of sp³-hybridized carbons (Fsp3) is 0.103. The zero-order valence-electron chi connectivity index (χ0n) is 20.6. The van der Waals surface area contributed by atoms with E-state index >= 15 is 0 Å². The lowest BCUT2D eigenvalue weighted by molar-refractivity contribution is -0.136. The third kappa shape index (κ3) is 7.75. The second-order valence-electron chi connectivity index (χ2n) is 8.28. The first-order valence-electron chi connectivity index (χ1n) is 12.0. The third-order valence-corrected chi connectivity index (χ3v) is 5.50. The normalized spacial score (nSPS) is 10.8. The molecule has 4 rings (SSSR count). The van der Waals surface area contributed by atoms with Crippen molar-refractivity contribution in [3.05, 3.63) is 115 Å². The van der Waals surface area contributed by atoms with Crippen molar-refractivity contribution in [2.75, 3.05) is 28.6 Å². The second kappa shape index (κ2) is 12.5. The van der Waals surface area contributed by atoms with Crippen LogP contribution < -0.4 is 25.6 Å². The second-order valence-corrected chi connectivity index (χ2v) is 8.28. The van der Waals surface area contributed by atoms with Gasteiger partial charge in [0.1, 0.15) is 11.5 Å². The average Bonchev–Trinajstić information content (AvgIpc) is 2.92. The van der Waals surface area contributed by atoms with Crippen LogP contribution in [0.5, 0.6) is 11.5 Å². The van der Waals surface area contributed by atoms with Gasteiger partial charge < -0.3 is 20.7 Å². The monoisotopic (exact) mass is 534 g/mol. The highest BCUT2D eigenvalue weighted by Crippen LogP contribution is 2.34. The number of nitrogens with one attached hydrogen (secondary N) is 3. The quantitative estimate of drug-likeness (QED) is 0.221. The number of urea groups is 2. The molecular weight excluding hydrogens is 509 g/mol. The zero-order chi connectivity index (χ0) is 27.7. The van der Waals surface area contributed by atoms with Crippen LogP contribution in [-0.4, -0.2) is 25.2 Å². The van der Waals surface area contributed by atoms with Crippen molar-refractivity contribution < 1.29 is 27.5 Å². The highest BCUT2D eigenvalue weighted by Gasteiger charge is 2.33. The van der Waals surface area contributed by atoms with Crippen molar-refractivity contribution in [3.8, 4) is 11.5 Å². The van der Waals surface area contributed by atoms with Crippen molar-refractivity contribution in [2.45, 2.75) is 6.18 Å². The molecule has 0 saturated carbocycles. The molecule has 0 radical (unpaired) electrons. The maximum atomic E-state index is 13.2. The molecule has 0 heterocycles. The number of carbonyl (C=O) groups excluding carboxylic acids is 2. The number of hydrogen-bond acceptors (Lipinski definition) is 3. The van der Waals surface area contributed by atoms with E-state index in [9.17, 15) is 22.8 Å². The Morgan fingerprint density at radius 2 is 1.31 bits per heavy atom. The molecule has 3 N–H and O–H groups in total. The summed E-state index contributed by atoms with van der Waals surface area (Å²) in [4.78, 5) is 26.9. The van der Waals surface area contributed by atoms with E-state index in [4.69, 9.17) is 4.74 Å². The average molecular weight is 535 g/mol. The van der Waals surface area contributed by atoms with Gasteiger partial charge in [-0.3, -0.25) is 4.90 Å². The SMILES string of the molecule is O=C(NCCN(C(=O)Nc1ccccc1)c1ccc(Oc2ccccc2)cc1)Nc1ccccc1C(F)(F)F. The Morgan fingerprint density at radius 3 is 1.97 bits per heavy atom. The van der Waals surface area contributed by atoms with Crippen molar-refractivity contribution in [1.82, 2.24) is 5.32 Å². The lowest BCUT2D eigenvalue weighted by Crippen LogP contribution is -2.42. The maximum absolute atomic E-state index is 13.2. The molecule has 0 bridgehead atoms. The molecule has 0 fully saturated rings. The number of nitrogens with zero attached hydrogens (tertiary/aromatic N) is 1. The molecule has 4 aromatic carbocycles. The summed E-state index contributed by atoms with van der Waals surface area (Å²) in [6, 6.07) is 28.3. The minimum Gasteiger partial charge on any atom is -0.457 e. The first kappa shape index (κ1) is 27.1. The van der Waals surface area contributed by atoms with Gasteiger partial charge in [0.2, 0.25) is 0 Å². The Morgan fingerprint density at radius 1 is 0.718 bits per heavy atom. The molecule has 4 amide bonds. The minimum absolute atomic E-state index is 0.0336. The number of anilines is 3.